The Morgan fingerprint density at radius 1 is 1.04 bits per heavy atom. The molecule has 1 aromatic heterocycles. The van der Waals surface area contributed by atoms with E-state index in [2.05, 4.69) is 16.4 Å². The predicted molar refractivity (Wildman–Crippen MR) is 113 cm³/mol. The van der Waals surface area contributed by atoms with Gasteiger partial charge in [-0.15, -0.1) is 0 Å². The molecule has 0 aliphatic heterocycles. The van der Waals surface area contributed by atoms with Gasteiger partial charge in [0.2, 0.25) is 0 Å². The zero-order chi connectivity index (χ0) is 20.1. The molecule has 28 heavy (non-hydrogen) atoms. The summed E-state index contributed by atoms with van der Waals surface area (Å²) in [5.74, 6) is 1.25. The van der Waals surface area contributed by atoms with Crippen LogP contribution < -0.4 is 14.8 Å². The molecule has 0 saturated carbocycles. The standard InChI is InChI=1S/C21H19Cl2N3O2/c1-3-27-19-8-15-18(9-20(19)28-4-2)25-12-14(10-24)21(15)26-11-13-5-6-16(22)17(23)7-13/h5-9,12H,3-4,11H2,1-2H3,(H,25,26). The number of halogens is 2. The maximum atomic E-state index is 9.54. The molecule has 2 aromatic carbocycles. The van der Waals surface area contributed by atoms with Crippen LogP contribution in [0.1, 0.15) is 25.0 Å². The number of hydrogen-bond donors (Lipinski definition) is 1. The average molecular weight is 416 g/mol. The Kier molecular flexibility index (Phi) is 6.45. The summed E-state index contributed by atoms with van der Waals surface area (Å²) in [4.78, 5) is 4.40. The molecule has 1 N–H and O–H groups in total. The molecule has 1 heterocycles. The van der Waals surface area contributed by atoms with E-state index in [-0.39, 0.29) is 0 Å². The largest absolute Gasteiger partial charge is 0.490 e. The minimum Gasteiger partial charge on any atom is -0.490 e. The minimum atomic E-state index is 0.444. The highest BCUT2D eigenvalue weighted by Gasteiger charge is 2.14. The van der Waals surface area contributed by atoms with Crippen LogP contribution in [0.5, 0.6) is 11.5 Å². The van der Waals surface area contributed by atoms with Gasteiger partial charge >= 0.3 is 0 Å². The summed E-state index contributed by atoms with van der Waals surface area (Å²) in [7, 11) is 0. The summed E-state index contributed by atoms with van der Waals surface area (Å²) in [6, 6.07) is 11.3. The Hall–Kier alpha value is -2.68. The van der Waals surface area contributed by atoms with Crippen LogP contribution in [0.2, 0.25) is 10.0 Å². The molecule has 0 fully saturated rings. The lowest BCUT2D eigenvalue weighted by molar-refractivity contribution is 0.288. The number of ether oxygens (including phenoxy) is 2. The van der Waals surface area contributed by atoms with Crippen molar-refractivity contribution in [2.24, 2.45) is 0 Å². The van der Waals surface area contributed by atoms with Gasteiger partial charge in [-0.25, -0.2) is 0 Å². The molecule has 0 aliphatic carbocycles. The quantitative estimate of drug-likeness (QED) is 0.526. The first-order chi connectivity index (χ1) is 13.6. The van der Waals surface area contributed by atoms with Crippen LogP contribution in [0, 0.1) is 11.3 Å². The second-order valence-electron chi connectivity index (χ2n) is 5.94. The third-order valence-corrected chi connectivity index (χ3v) is 4.85. The summed E-state index contributed by atoms with van der Waals surface area (Å²) >= 11 is 12.1. The predicted octanol–water partition coefficient (Wildman–Crippen LogP) is 5.82. The van der Waals surface area contributed by atoms with Crippen molar-refractivity contribution in [1.29, 1.82) is 5.26 Å². The molecule has 0 bridgehead atoms. The maximum absolute atomic E-state index is 9.54. The molecule has 7 heteroatoms. The number of pyridine rings is 1. The van der Waals surface area contributed by atoms with E-state index in [0.717, 1.165) is 10.9 Å². The Balaban J connectivity index is 2.04. The Labute approximate surface area is 173 Å². The van der Waals surface area contributed by atoms with Gasteiger partial charge in [0, 0.05) is 24.2 Å². The van der Waals surface area contributed by atoms with Crippen molar-refractivity contribution in [1.82, 2.24) is 4.98 Å². The second-order valence-corrected chi connectivity index (χ2v) is 6.76. The van der Waals surface area contributed by atoms with Crippen molar-refractivity contribution < 1.29 is 9.47 Å². The Morgan fingerprint density at radius 2 is 1.75 bits per heavy atom. The molecule has 0 amide bonds. The molecule has 5 nitrogen and oxygen atoms in total. The molecule has 144 valence electrons. The van der Waals surface area contributed by atoms with Crippen LogP contribution in [0.3, 0.4) is 0 Å². The zero-order valence-corrected chi connectivity index (χ0v) is 17.1. The van der Waals surface area contributed by atoms with E-state index in [1.54, 1.807) is 18.3 Å². The molecule has 0 atom stereocenters. The number of fused-ring (bicyclic) bond motifs is 1. The highest BCUT2D eigenvalue weighted by Crippen LogP contribution is 2.36. The van der Waals surface area contributed by atoms with Gasteiger partial charge in [-0.1, -0.05) is 29.3 Å². The van der Waals surface area contributed by atoms with E-state index in [0.29, 0.717) is 58.1 Å². The van der Waals surface area contributed by atoms with Crippen LogP contribution in [-0.4, -0.2) is 18.2 Å². The molecular weight excluding hydrogens is 397 g/mol. The summed E-state index contributed by atoms with van der Waals surface area (Å²) in [6.45, 7) is 5.32. The van der Waals surface area contributed by atoms with E-state index >= 15 is 0 Å². The van der Waals surface area contributed by atoms with Crippen molar-refractivity contribution >= 4 is 39.8 Å². The average Bonchev–Trinajstić information content (AvgIpc) is 2.69. The highest BCUT2D eigenvalue weighted by molar-refractivity contribution is 6.42. The number of hydrogen-bond acceptors (Lipinski definition) is 5. The van der Waals surface area contributed by atoms with Crippen molar-refractivity contribution in [3.05, 3.63) is 57.7 Å². The van der Waals surface area contributed by atoms with Gasteiger partial charge < -0.3 is 14.8 Å². The number of benzene rings is 2. The molecule has 0 unspecified atom stereocenters. The number of nitriles is 1. The van der Waals surface area contributed by atoms with Crippen LogP contribution >= 0.6 is 23.2 Å². The van der Waals surface area contributed by atoms with Gasteiger partial charge in [0.1, 0.15) is 6.07 Å². The van der Waals surface area contributed by atoms with Gasteiger partial charge in [-0.3, -0.25) is 4.98 Å². The number of anilines is 1. The number of rotatable bonds is 7. The monoisotopic (exact) mass is 415 g/mol. The van der Waals surface area contributed by atoms with Crippen molar-refractivity contribution in [3.63, 3.8) is 0 Å². The second kappa shape index (κ2) is 9.01. The van der Waals surface area contributed by atoms with Crippen LogP contribution in [0.25, 0.3) is 10.9 Å². The fourth-order valence-electron chi connectivity index (χ4n) is 2.85. The van der Waals surface area contributed by atoms with Gasteiger partial charge in [-0.05, 0) is 37.6 Å². The Bertz CT molecular complexity index is 1050. The fraction of sp³-hybridized carbons (Fsp3) is 0.238. The first kappa shape index (κ1) is 20.1. The van der Waals surface area contributed by atoms with E-state index in [1.807, 2.05) is 32.0 Å². The van der Waals surface area contributed by atoms with Crippen LogP contribution in [0.15, 0.2) is 36.5 Å². The molecule has 3 rings (SSSR count). The smallest absolute Gasteiger partial charge is 0.163 e. The van der Waals surface area contributed by atoms with Crippen molar-refractivity contribution in [2.45, 2.75) is 20.4 Å². The summed E-state index contributed by atoms with van der Waals surface area (Å²) in [5, 5.41) is 14.6. The molecule has 0 aliphatic rings. The third kappa shape index (κ3) is 4.24. The fourth-order valence-corrected chi connectivity index (χ4v) is 3.17. The lowest BCUT2D eigenvalue weighted by atomic mass is 10.1. The summed E-state index contributed by atoms with van der Waals surface area (Å²) in [6.07, 6.45) is 1.55. The van der Waals surface area contributed by atoms with Crippen LogP contribution in [0.4, 0.5) is 5.69 Å². The Morgan fingerprint density at radius 3 is 2.39 bits per heavy atom. The molecule has 0 spiro atoms. The first-order valence-corrected chi connectivity index (χ1v) is 9.63. The topological polar surface area (TPSA) is 67.2 Å². The van der Waals surface area contributed by atoms with Crippen molar-refractivity contribution in [2.75, 3.05) is 18.5 Å². The van der Waals surface area contributed by atoms with Crippen LogP contribution in [-0.2, 0) is 6.54 Å². The SMILES string of the molecule is CCOc1cc2ncc(C#N)c(NCc3ccc(Cl)c(Cl)c3)c2cc1OCC. The minimum absolute atomic E-state index is 0.444. The third-order valence-electron chi connectivity index (χ3n) is 4.11. The van der Waals surface area contributed by atoms with Crippen molar-refractivity contribution in [3.8, 4) is 17.6 Å². The first-order valence-electron chi connectivity index (χ1n) is 8.87. The van der Waals surface area contributed by atoms with E-state index in [1.165, 1.54) is 0 Å². The molecule has 3 aromatic rings. The lowest BCUT2D eigenvalue weighted by Crippen LogP contribution is -2.04. The summed E-state index contributed by atoms with van der Waals surface area (Å²) < 4.78 is 11.4. The maximum Gasteiger partial charge on any atom is 0.163 e. The number of nitrogens with zero attached hydrogens (tertiary/aromatic N) is 2. The normalized spacial score (nSPS) is 10.5. The number of nitrogens with one attached hydrogen (secondary N) is 1. The van der Waals surface area contributed by atoms with Gasteiger partial charge in [-0.2, -0.15) is 5.26 Å². The van der Waals surface area contributed by atoms with Gasteiger partial charge in [0.15, 0.2) is 11.5 Å². The molecule has 0 radical (unpaired) electrons. The van der Waals surface area contributed by atoms with E-state index in [9.17, 15) is 5.26 Å². The summed E-state index contributed by atoms with van der Waals surface area (Å²) in [5.41, 5.74) is 2.78. The number of aromatic nitrogens is 1. The zero-order valence-electron chi connectivity index (χ0n) is 15.6. The molecular formula is C21H19Cl2N3O2. The van der Waals surface area contributed by atoms with Gasteiger partial charge in [0.25, 0.3) is 0 Å². The van der Waals surface area contributed by atoms with Gasteiger partial charge in [0.05, 0.1) is 40.0 Å². The van der Waals surface area contributed by atoms with E-state index in [4.69, 9.17) is 32.7 Å². The lowest BCUT2D eigenvalue weighted by Gasteiger charge is -2.15. The highest BCUT2D eigenvalue weighted by atomic mass is 35.5. The molecule has 0 saturated heterocycles. The van der Waals surface area contributed by atoms with E-state index < -0.39 is 0 Å².